The van der Waals surface area contributed by atoms with E-state index in [1.807, 2.05) is 12.3 Å². The zero-order valence-corrected chi connectivity index (χ0v) is 11.9. The summed E-state index contributed by atoms with van der Waals surface area (Å²) in [5.41, 5.74) is 1.35. The number of aryl methyl sites for hydroxylation is 1. The number of halogens is 2. The van der Waals surface area contributed by atoms with Crippen molar-refractivity contribution < 1.29 is 9.18 Å². The fourth-order valence-corrected chi connectivity index (χ4v) is 2.47. The van der Waals surface area contributed by atoms with Crippen LogP contribution in [0, 0.1) is 12.7 Å². The molecule has 1 amide bonds. The first-order valence-corrected chi connectivity index (χ1v) is 6.88. The molecule has 2 rings (SSSR count). The Hall–Kier alpha value is -1.27. The van der Waals surface area contributed by atoms with Gasteiger partial charge in [-0.25, -0.2) is 9.37 Å². The van der Waals surface area contributed by atoms with Crippen molar-refractivity contribution in [1.29, 1.82) is 0 Å². The summed E-state index contributed by atoms with van der Waals surface area (Å²) in [5, 5.41) is 5.52. The molecule has 0 atom stereocenters. The molecule has 0 aliphatic carbocycles. The quantitative estimate of drug-likeness (QED) is 0.939. The number of amides is 1. The second-order valence-electron chi connectivity index (χ2n) is 3.69. The maximum absolute atomic E-state index is 13.0. The predicted octanol–water partition coefficient (Wildman–Crippen LogP) is 3.28. The van der Waals surface area contributed by atoms with Crippen LogP contribution in [0.5, 0.6) is 0 Å². The number of hydrogen-bond acceptors (Lipinski definition) is 3. The Morgan fingerprint density at radius 2 is 2.33 bits per heavy atom. The van der Waals surface area contributed by atoms with Gasteiger partial charge in [-0.2, -0.15) is 0 Å². The van der Waals surface area contributed by atoms with Gasteiger partial charge < -0.3 is 5.32 Å². The standard InChI is InChI=1S/C12H10BrFN2OS/c1-7-6-18-11(16-7)5-15-12(17)8-2-3-10(14)9(13)4-8/h2-4,6H,5H2,1H3,(H,15,17). The number of carbonyl (C=O) groups is 1. The largest absolute Gasteiger partial charge is 0.346 e. The molecular formula is C12H10BrFN2OS. The molecule has 0 saturated heterocycles. The Bertz CT molecular complexity index is 585. The minimum absolute atomic E-state index is 0.247. The molecule has 1 aromatic heterocycles. The van der Waals surface area contributed by atoms with Gasteiger partial charge in [0.2, 0.25) is 0 Å². The van der Waals surface area contributed by atoms with Crippen molar-refractivity contribution in [2.24, 2.45) is 0 Å². The molecule has 94 valence electrons. The number of carbonyl (C=O) groups excluding carboxylic acids is 1. The summed E-state index contributed by atoms with van der Waals surface area (Å²) >= 11 is 4.55. The maximum atomic E-state index is 13.0. The summed E-state index contributed by atoms with van der Waals surface area (Å²) in [7, 11) is 0. The van der Waals surface area contributed by atoms with Crippen molar-refractivity contribution in [1.82, 2.24) is 10.3 Å². The minimum atomic E-state index is -0.387. The van der Waals surface area contributed by atoms with E-state index in [1.54, 1.807) is 0 Å². The molecule has 1 N–H and O–H groups in total. The van der Waals surface area contributed by atoms with Crippen LogP contribution in [0.3, 0.4) is 0 Å². The Labute approximate surface area is 116 Å². The fourth-order valence-electron chi connectivity index (χ4n) is 1.38. The van der Waals surface area contributed by atoms with Gasteiger partial charge in [-0.05, 0) is 41.1 Å². The summed E-state index contributed by atoms with van der Waals surface area (Å²) in [5.74, 6) is -0.634. The van der Waals surface area contributed by atoms with E-state index in [-0.39, 0.29) is 16.2 Å². The number of rotatable bonds is 3. The smallest absolute Gasteiger partial charge is 0.251 e. The number of nitrogens with zero attached hydrogens (tertiary/aromatic N) is 1. The lowest BCUT2D eigenvalue weighted by atomic mass is 10.2. The van der Waals surface area contributed by atoms with Gasteiger partial charge in [-0.1, -0.05) is 0 Å². The summed E-state index contributed by atoms with van der Waals surface area (Å²) in [6.07, 6.45) is 0. The SMILES string of the molecule is Cc1csc(CNC(=O)c2ccc(F)c(Br)c2)n1. The van der Waals surface area contributed by atoms with E-state index < -0.39 is 0 Å². The Balaban J connectivity index is 2.01. The molecule has 0 unspecified atom stereocenters. The van der Waals surface area contributed by atoms with Crippen LogP contribution in [0.4, 0.5) is 4.39 Å². The molecule has 0 bridgehead atoms. The van der Waals surface area contributed by atoms with Crippen molar-refractivity contribution in [3.63, 3.8) is 0 Å². The zero-order chi connectivity index (χ0) is 13.1. The van der Waals surface area contributed by atoms with Gasteiger partial charge in [0, 0.05) is 16.6 Å². The van der Waals surface area contributed by atoms with Crippen LogP contribution >= 0.6 is 27.3 Å². The van der Waals surface area contributed by atoms with Gasteiger partial charge in [-0.3, -0.25) is 4.79 Å². The number of nitrogens with one attached hydrogen (secondary N) is 1. The van der Waals surface area contributed by atoms with Crippen LogP contribution in [-0.2, 0) is 6.54 Å². The van der Waals surface area contributed by atoms with E-state index >= 15 is 0 Å². The Morgan fingerprint density at radius 1 is 1.56 bits per heavy atom. The highest BCUT2D eigenvalue weighted by Crippen LogP contribution is 2.17. The van der Waals surface area contributed by atoms with E-state index in [4.69, 9.17) is 0 Å². The highest BCUT2D eigenvalue weighted by molar-refractivity contribution is 9.10. The molecule has 0 spiro atoms. The average molecular weight is 329 g/mol. The average Bonchev–Trinajstić information content (AvgIpc) is 2.75. The van der Waals surface area contributed by atoms with Crippen LogP contribution in [-0.4, -0.2) is 10.9 Å². The minimum Gasteiger partial charge on any atom is -0.346 e. The van der Waals surface area contributed by atoms with Gasteiger partial charge in [0.1, 0.15) is 10.8 Å². The highest BCUT2D eigenvalue weighted by atomic mass is 79.9. The van der Waals surface area contributed by atoms with Crippen molar-refractivity contribution in [3.8, 4) is 0 Å². The van der Waals surface area contributed by atoms with E-state index in [2.05, 4.69) is 26.2 Å². The first-order chi connectivity index (χ1) is 8.56. The molecule has 0 fully saturated rings. The fraction of sp³-hybridized carbons (Fsp3) is 0.167. The van der Waals surface area contributed by atoms with Crippen molar-refractivity contribution in [2.45, 2.75) is 13.5 Å². The van der Waals surface area contributed by atoms with Crippen LogP contribution < -0.4 is 5.32 Å². The second-order valence-corrected chi connectivity index (χ2v) is 5.49. The third kappa shape index (κ3) is 3.14. The van der Waals surface area contributed by atoms with Crippen molar-refractivity contribution in [2.75, 3.05) is 0 Å². The van der Waals surface area contributed by atoms with Gasteiger partial charge in [-0.15, -0.1) is 11.3 Å². The van der Waals surface area contributed by atoms with E-state index in [1.165, 1.54) is 29.5 Å². The lowest BCUT2D eigenvalue weighted by Crippen LogP contribution is -2.22. The first kappa shape index (κ1) is 13.2. The molecule has 6 heteroatoms. The molecule has 0 saturated carbocycles. The molecule has 1 heterocycles. The molecule has 0 radical (unpaired) electrons. The van der Waals surface area contributed by atoms with E-state index in [9.17, 15) is 9.18 Å². The number of hydrogen-bond donors (Lipinski definition) is 1. The van der Waals surface area contributed by atoms with Crippen LogP contribution in [0.1, 0.15) is 21.1 Å². The third-order valence-corrected chi connectivity index (χ3v) is 3.82. The number of aromatic nitrogens is 1. The van der Waals surface area contributed by atoms with Crippen molar-refractivity contribution >= 4 is 33.2 Å². The lowest BCUT2D eigenvalue weighted by molar-refractivity contribution is 0.0950. The summed E-state index contributed by atoms with van der Waals surface area (Å²) < 4.78 is 13.3. The third-order valence-electron chi connectivity index (χ3n) is 2.25. The van der Waals surface area contributed by atoms with Gasteiger partial charge in [0.25, 0.3) is 5.91 Å². The van der Waals surface area contributed by atoms with Crippen LogP contribution in [0.2, 0.25) is 0 Å². The predicted molar refractivity (Wildman–Crippen MR) is 72.1 cm³/mol. The monoisotopic (exact) mass is 328 g/mol. The van der Waals surface area contributed by atoms with Crippen LogP contribution in [0.15, 0.2) is 28.1 Å². The van der Waals surface area contributed by atoms with E-state index in [0.29, 0.717) is 12.1 Å². The molecule has 1 aromatic carbocycles. The molecule has 3 nitrogen and oxygen atoms in total. The van der Waals surface area contributed by atoms with Gasteiger partial charge in [0.05, 0.1) is 11.0 Å². The van der Waals surface area contributed by atoms with Gasteiger partial charge in [0.15, 0.2) is 0 Å². The van der Waals surface area contributed by atoms with Crippen LogP contribution in [0.25, 0.3) is 0 Å². The maximum Gasteiger partial charge on any atom is 0.251 e. The Kier molecular flexibility index (Phi) is 4.08. The topological polar surface area (TPSA) is 42.0 Å². The summed E-state index contributed by atoms with van der Waals surface area (Å²) in [4.78, 5) is 16.1. The van der Waals surface area contributed by atoms with Crippen molar-refractivity contribution in [3.05, 3.63) is 50.1 Å². The molecule has 0 aliphatic rings. The van der Waals surface area contributed by atoms with Gasteiger partial charge >= 0.3 is 0 Å². The summed E-state index contributed by atoms with van der Waals surface area (Å²) in [6, 6.07) is 4.16. The normalized spacial score (nSPS) is 10.4. The first-order valence-electron chi connectivity index (χ1n) is 5.20. The Morgan fingerprint density at radius 3 is 2.94 bits per heavy atom. The van der Waals surface area contributed by atoms with E-state index in [0.717, 1.165) is 10.7 Å². The molecule has 18 heavy (non-hydrogen) atoms. The zero-order valence-electron chi connectivity index (χ0n) is 9.54. The number of benzene rings is 1. The molecule has 2 aromatic rings. The summed E-state index contributed by atoms with van der Waals surface area (Å²) in [6.45, 7) is 2.28. The highest BCUT2D eigenvalue weighted by Gasteiger charge is 2.09. The lowest BCUT2D eigenvalue weighted by Gasteiger charge is -2.04. The molecule has 0 aliphatic heterocycles. The molecular weight excluding hydrogens is 319 g/mol. The second kappa shape index (κ2) is 5.58. The number of thiazole rings is 1.